The Morgan fingerprint density at radius 1 is 1.47 bits per heavy atom. The van der Waals surface area contributed by atoms with Crippen LogP contribution in [-0.2, 0) is 9.59 Å². The summed E-state index contributed by atoms with van der Waals surface area (Å²) in [5.74, 6) is 0.281. The highest BCUT2D eigenvalue weighted by molar-refractivity contribution is 6.03. The van der Waals surface area contributed by atoms with E-state index in [1.807, 2.05) is 32.0 Å². The fourth-order valence-corrected chi connectivity index (χ4v) is 2.08. The van der Waals surface area contributed by atoms with Gasteiger partial charge in [-0.1, -0.05) is 6.07 Å². The molecule has 0 saturated heterocycles. The standard InChI is InChI=1S/C14H18N2O3/c1-4-15-13(17)8-16-11-7-9(2)5-6-12(11)19-10(3)14(16)18/h5-7,10H,4,8H2,1-3H3,(H,15,17). The minimum atomic E-state index is -0.565. The highest BCUT2D eigenvalue weighted by atomic mass is 16.5. The van der Waals surface area contributed by atoms with E-state index < -0.39 is 6.10 Å². The summed E-state index contributed by atoms with van der Waals surface area (Å²) >= 11 is 0. The molecule has 5 heteroatoms. The number of nitrogens with one attached hydrogen (secondary N) is 1. The quantitative estimate of drug-likeness (QED) is 0.891. The van der Waals surface area contributed by atoms with E-state index in [0.717, 1.165) is 5.56 Å². The van der Waals surface area contributed by atoms with Crippen molar-refractivity contribution in [2.24, 2.45) is 0 Å². The van der Waals surface area contributed by atoms with Crippen molar-refractivity contribution >= 4 is 17.5 Å². The van der Waals surface area contributed by atoms with Gasteiger partial charge in [-0.15, -0.1) is 0 Å². The lowest BCUT2D eigenvalue weighted by atomic mass is 10.1. The number of rotatable bonds is 3. The Kier molecular flexibility index (Phi) is 3.74. The average Bonchev–Trinajstić information content (AvgIpc) is 2.36. The van der Waals surface area contributed by atoms with Crippen LogP contribution in [0.4, 0.5) is 5.69 Å². The minimum Gasteiger partial charge on any atom is -0.479 e. The number of aryl methyl sites for hydroxylation is 1. The molecule has 1 aromatic rings. The van der Waals surface area contributed by atoms with Crippen molar-refractivity contribution in [3.63, 3.8) is 0 Å². The van der Waals surface area contributed by atoms with Crippen LogP contribution in [0.1, 0.15) is 19.4 Å². The van der Waals surface area contributed by atoms with E-state index in [0.29, 0.717) is 18.0 Å². The first kappa shape index (κ1) is 13.4. The maximum Gasteiger partial charge on any atom is 0.268 e. The third kappa shape index (κ3) is 2.70. The molecule has 2 amide bonds. The largest absolute Gasteiger partial charge is 0.479 e. The number of ether oxygens (including phenoxy) is 1. The van der Waals surface area contributed by atoms with E-state index in [-0.39, 0.29) is 18.4 Å². The predicted molar refractivity (Wildman–Crippen MR) is 72.3 cm³/mol. The zero-order valence-electron chi connectivity index (χ0n) is 11.4. The first-order valence-corrected chi connectivity index (χ1v) is 6.38. The number of likely N-dealkylation sites (N-methyl/N-ethyl adjacent to an activating group) is 1. The van der Waals surface area contributed by atoms with Gasteiger partial charge in [0, 0.05) is 6.54 Å². The van der Waals surface area contributed by atoms with Crippen molar-refractivity contribution in [3.8, 4) is 5.75 Å². The van der Waals surface area contributed by atoms with Crippen molar-refractivity contribution in [1.82, 2.24) is 5.32 Å². The van der Waals surface area contributed by atoms with Crippen LogP contribution in [0.5, 0.6) is 5.75 Å². The Bertz CT molecular complexity index is 513. The SMILES string of the molecule is CCNC(=O)CN1C(=O)C(C)Oc2ccc(C)cc21. The van der Waals surface area contributed by atoms with Crippen LogP contribution in [0.15, 0.2) is 18.2 Å². The third-order valence-electron chi connectivity index (χ3n) is 3.00. The molecule has 1 atom stereocenters. The fourth-order valence-electron chi connectivity index (χ4n) is 2.08. The topological polar surface area (TPSA) is 58.6 Å². The Morgan fingerprint density at radius 3 is 2.89 bits per heavy atom. The monoisotopic (exact) mass is 262 g/mol. The van der Waals surface area contributed by atoms with E-state index in [4.69, 9.17) is 4.74 Å². The lowest BCUT2D eigenvalue weighted by Crippen LogP contribution is -2.48. The summed E-state index contributed by atoms with van der Waals surface area (Å²) in [7, 11) is 0. The van der Waals surface area contributed by atoms with Gasteiger partial charge in [0.15, 0.2) is 6.10 Å². The zero-order chi connectivity index (χ0) is 14.0. The number of hydrogen-bond acceptors (Lipinski definition) is 3. The summed E-state index contributed by atoms with van der Waals surface area (Å²) in [5, 5.41) is 2.70. The van der Waals surface area contributed by atoms with Crippen molar-refractivity contribution in [2.45, 2.75) is 26.9 Å². The molecular weight excluding hydrogens is 244 g/mol. The highest BCUT2D eigenvalue weighted by Crippen LogP contribution is 2.34. The van der Waals surface area contributed by atoms with Gasteiger partial charge in [0.1, 0.15) is 12.3 Å². The molecular formula is C14H18N2O3. The van der Waals surface area contributed by atoms with Gasteiger partial charge in [-0.3, -0.25) is 14.5 Å². The summed E-state index contributed by atoms with van der Waals surface area (Å²) < 4.78 is 5.55. The molecule has 2 rings (SSSR count). The van der Waals surface area contributed by atoms with Gasteiger partial charge >= 0.3 is 0 Å². The molecule has 5 nitrogen and oxygen atoms in total. The molecule has 1 unspecified atom stereocenters. The molecule has 1 aliphatic heterocycles. The maximum absolute atomic E-state index is 12.2. The molecule has 0 fully saturated rings. The van der Waals surface area contributed by atoms with Gasteiger partial charge in [-0.05, 0) is 38.5 Å². The average molecular weight is 262 g/mol. The molecule has 1 heterocycles. The van der Waals surface area contributed by atoms with Crippen LogP contribution >= 0.6 is 0 Å². The van der Waals surface area contributed by atoms with Crippen molar-refractivity contribution in [1.29, 1.82) is 0 Å². The molecule has 1 aliphatic rings. The van der Waals surface area contributed by atoms with E-state index in [9.17, 15) is 9.59 Å². The third-order valence-corrected chi connectivity index (χ3v) is 3.00. The molecule has 1 aromatic carbocycles. The first-order chi connectivity index (χ1) is 9.02. The first-order valence-electron chi connectivity index (χ1n) is 6.38. The summed E-state index contributed by atoms with van der Waals surface area (Å²) in [6, 6.07) is 5.61. The second-order valence-corrected chi connectivity index (χ2v) is 4.61. The smallest absolute Gasteiger partial charge is 0.268 e. The van der Waals surface area contributed by atoms with E-state index in [2.05, 4.69) is 5.32 Å². The summed E-state index contributed by atoms with van der Waals surface area (Å²) in [5.41, 5.74) is 1.68. The Balaban J connectivity index is 2.33. The zero-order valence-corrected chi connectivity index (χ0v) is 11.4. The molecule has 19 heavy (non-hydrogen) atoms. The number of benzene rings is 1. The van der Waals surface area contributed by atoms with Gasteiger partial charge in [0.05, 0.1) is 5.69 Å². The number of carbonyl (C=O) groups excluding carboxylic acids is 2. The Labute approximate surface area is 112 Å². The lowest BCUT2D eigenvalue weighted by Gasteiger charge is -2.32. The molecule has 102 valence electrons. The van der Waals surface area contributed by atoms with Gasteiger partial charge in [0.25, 0.3) is 5.91 Å². The van der Waals surface area contributed by atoms with Crippen molar-refractivity contribution in [3.05, 3.63) is 23.8 Å². The summed E-state index contributed by atoms with van der Waals surface area (Å²) in [6.45, 7) is 6.05. The normalized spacial score (nSPS) is 17.7. The van der Waals surface area contributed by atoms with E-state index >= 15 is 0 Å². The Morgan fingerprint density at radius 2 is 2.21 bits per heavy atom. The second kappa shape index (κ2) is 5.30. The molecule has 1 N–H and O–H groups in total. The number of anilines is 1. The molecule has 0 bridgehead atoms. The van der Waals surface area contributed by atoms with Crippen molar-refractivity contribution < 1.29 is 14.3 Å². The van der Waals surface area contributed by atoms with E-state index in [1.165, 1.54) is 4.90 Å². The molecule has 0 aromatic heterocycles. The maximum atomic E-state index is 12.2. The van der Waals surface area contributed by atoms with Crippen LogP contribution in [0.3, 0.4) is 0 Å². The van der Waals surface area contributed by atoms with Gasteiger partial charge in [-0.2, -0.15) is 0 Å². The van der Waals surface area contributed by atoms with E-state index in [1.54, 1.807) is 6.92 Å². The molecule has 0 radical (unpaired) electrons. The number of hydrogen-bond donors (Lipinski definition) is 1. The minimum absolute atomic E-state index is 0.0246. The lowest BCUT2D eigenvalue weighted by molar-refractivity contribution is -0.128. The van der Waals surface area contributed by atoms with Crippen molar-refractivity contribution in [2.75, 3.05) is 18.0 Å². The van der Waals surface area contributed by atoms with Crippen LogP contribution in [-0.4, -0.2) is 31.0 Å². The summed E-state index contributed by atoms with van der Waals surface area (Å²) in [4.78, 5) is 25.4. The van der Waals surface area contributed by atoms with Gasteiger partial charge in [0.2, 0.25) is 5.91 Å². The highest BCUT2D eigenvalue weighted by Gasteiger charge is 2.32. The van der Waals surface area contributed by atoms with Crippen LogP contribution in [0.2, 0.25) is 0 Å². The second-order valence-electron chi connectivity index (χ2n) is 4.61. The number of fused-ring (bicyclic) bond motifs is 1. The molecule has 0 saturated carbocycles. The predicted octanol–water partition coefficient (Wildman–Crippen LogP) is 1.25. The van der Waals surface area contributed by atoms with Crippen LogP contribution < -0.4 is 15.0 Å². The van der Waals surface area contributed by atoms with Crippen LogP contribution in [0.25, 0.3) is 0 Å². The fraction of sp³-hybridized carbons (Fsp3) is 0.429. The number of nitrogens with zero attached hydrogens (tertiary/aromatic N) is 1. The van der Waals surface area contributed by atoms with Gasteiger partial charge < -0.3 is 10.1 Å². The molecule has 0 aliphatic carbocycles. The van der Waals surface area contributed by atoms with Gasteiger partial charge in [-0.25, -0.2) is 0 Å². The number of carbonyl (C=O) groups is 2. The molecule has 0 spiro atoms. The number of amides is 2. The summed E-state index contributed by atoms with van der Waals surface area (Å²) in [6.07, 6.45) is -0.565. The van der Waals surface area contributed by atoms with Crippen LogP contribution in [0, 0.1) is 6.92 Å². The Hall–Kier alpha value is -2.04.